The summed E-state index contributed by atoms with van der Waals surface area (Å²) < 4.78 is 0. The van der Waals surface area contributed by atoms with Crippen molar-refractivity contribution >= 4 is 11.6 Å². The Kier molecular flexibility index (Phi) is 3.42. The fraction of sp³-hybridized carbons (Fsp3) is 0.235. The number of anilines is 1. The Morgan fingerprint density at radius 1 is 1.10 bits per heavy atom. The van der Waals surface area contributed by atoms with E-state index in [9.17, 15) is 9.90 Å². The molecule has 0 saturated heterocycles. The molecule has 0 unspecified atom stereocenters. The van der Waals surface area contributed by atoms with Gasteiger partial charge in [-0.05, 0) is 42.2 Å². The Bertz CT molecular complexity index is 619. The first kappa shape index (κ1) is 12.7. The van der Waals surface area contributed by atoms with Gasteiger partial charge in [0.05, 0.1) is 6.42 Å². The van der Waals surface area contributed by atoms with Crippen LogP contribution in [-0.4, -0.2) is 17.6 Å². The minimum atomic E-state index is 0.114. The molecule has 0 aromatic heterocycles. The quantitative estimate of drug-likeness (QED) is 0.909. The number of benzene rings is 2. The zero-order valence-electron chi connectivity index (χ0n) is 11.2. The number of nitrogens with zero attached hydrogens (tertiary/aromatic N) is 1. The Morgan fingerprint density at radius 2 is 1.85 bits per heavy atom. The van der Waals surface area contributed by atoms with Gasteiger partial charge in [-0.15, -0.1) is 0 Å². The molecule has 0 bridgehead atoms. The van der Waals surface area contributed by atoms with Crippen LogP contribution < -0.4 is 4.90 Å². The lowest BCUT2D eigenvalue weighted by Crippen LogP contribution is -2.36. The average Bonchev–Trinajstić information content (AvgIpc) is 2.49. The highest BCUT2D eigenvalue weighted by molar-refractivity contribution is 5.95. The van der Waals surface area contributed by atoms with Crippen LogP contribution in [0.4, 0.5) is 5.69 Å². The highest BCUT2D eigenvalue weighted by Gasteiger charge is 2.21. The molecule has 2 aromatic rings. The number of fused-ring (bicyclic) bond motifs is 1. The maximum Gasteiger partial charge on any atom is 0.231 e. The highest BCUT2D eigenvalue weighted by Crippen LogP contribution is 2.27. The zero-order chi connectivity index (χ0) is 13.9. The number of aromatic hydroxyl groups is 1. The fourth-order valence-electron chi connectivity index (χ4n) is 2.68. The van der Waals surface area contributed by atoms with Gasteiger partial charge in [-0.3, -0.25) is 4.79 Å². The van der Waals surface area contributed by atoms with Gasteiger partial charge >= 0.3 is 0 Å². The number of rotatable bonds is 2. The van der Waals surface area contributed by atoms with Crippen LogP contribution in [0.25, 0.3) is 0 Å². The van der Waals surface area contributed by atoms with Gasteiger partial charge in [-0.1, -0.05) is 30.3 Å². The molecular formula is C17H17NO2. The molecule has 20 heavy (non-hydrogen) atoms. The predicted molar refractivity (Wildman–Crippen MR) is 78.9 cm³/mol. The van der Waals surface area contributed by atoms with Crippen LogP contribution in [0.1, 0.15) is 17.5 Å². The molecule has 0 fully saturated rings. The van der Waals surface area contributed by atoms with Crippen molar-refractivity contribution in [3.63, 3.8) is 0 Å². The number of aryl methyl sites for hydroxylation is 1. The van der Waals surface area contributed by atoms with Crippen molar-refractivity contribution < 1.29 is 9.90 Å². The molecule has 0 saturated carbocycles. The number of phenolic OH excluding ortho intramolecular Hbond substituents is 1. The van der Waals surface area contributed by atoms with Crippen molar-refractivity contribution in [1.82, 2.24) is 0 Å². The second kappa shape index (κ2) is 5.37. The topological polar surface area (TPSA) is 40.5 Å². The molecule has 2 aromatic carbocycles. The first-order chi connectivity index (χ1) is 9.74. The van der Waals surface area contributed by atoms with Crippen molar-refractivity contribution in [1.29, 1.82) is 0 Å². The summed E-state index contributed by atoms with van der Waals surface area (Å²) in [4.78, 5) is 14.4. The summed E-state index contributed by atoms with van der Waals surface area (Å²) in [5.41, 5.74) is 3.22. The van der Waals surface area contributed by atoms with Gasteiger partial charge in [0.15, 0.2) is 0 Å². The second-order valence-corrected chi connectivity index (χ2v) is 5.12. The minimum absolute atomic E-state index is 0.114. The van der Waals surface area contributed by atoms with Crippen molar-refractivity contribution in [2.75, 3.05) is 11.4 Å². The molecule has 0 atom stereocenters. The van der Waals surface area contributed by atoms with Gasteiger partial charge in [0.2, 0.25) is 5.91 Å². The van der Waals surface area contributed by atoms with Gasteiger partial charge in [0, 0.05) is 12.2 Å². The van der Waals surface area contributed by atoms with Crippen molar-refractivity contribution in [3.8, 4) is 5.75 Å². The van der Waals surface area contributed by atoms with E-state index < -0.39 is 0 Å². The molecule has 0 radical (unpaired) electrons. The third kappa shape index (κ3) is 2.52. The SMILES string of the molecule is O=C(Cc1ccc(O)cc1)N1CCCc2ccccc21. The molecule has 1 aliphatic heterocycles. The van der Waals surface area contributed by atoms with Crippen LogP contribution in [0.5, 0.6) is 5.75 Å². The van der Waals surface area contributed by atoms with Crippen LogP contribution >= 0.6 is 0 Å². The van der Waals surface area contributed by atoms with E-state index in [-0.39, 0.29) is 11.7 Å². The largest absolute Gasteiger partial charge is 0.508 e. The van der Waals surface area contributed by atoms with Crippen LogP contribution in [-0.2, 0) is 17.6 Å². The molecular weight excluding hydrogens is 250 g/mol. The van der Waals surface area contributed by atoms with E-state index in [4.69, 9.17) is 0 Å². The number of hydrogen-bond donors (Lipinski definition) is 1. The Labute approximate surface area is 118 Å². The average molecular weight is 267 g/mol. The molecule has 3 heteroatoms. The summed E-state index contributed by atoms with van der Waals surface area (Å²) in [6.45, 7) is 0.786. The van der Waals surface area contributed by atoms with Crippen molar-refractivity contribution in [2.24, 2.45) is 0 Å². The molecule has 102 valence electrons. The third-order valence-electron chi connectivity index (χ3n) is 3.70. The third-order valence-corrected chi connectivity index (χ3v) is 3.70. The lowest BCUT2D eigenvalue weighted by Gasteiger charge is -2.29. The summed E-state index contributed by atoms with van der Waals surface area (Å²) in [6, 6.07) is 14.9. The molecule has 1 aliphatic rings. The van der Waals surface area contributed by atoms with E-state index >= 15 is 0 Å². The Balaban J connectivity index is 1.80. The van der Waals surface area contributed by atoms with Gasteiger partial charge in [0.25, 0.3) is 0 Å². The van der Waals surface area contributed by atoms with E-state index in [0.717, 1.165) is 30.6 Å². The number of carbonyl (C=O) groups is 1. The maximum atomic E-state index is 12.5. The molecule has 1 N–H and O–H groups in total. The number of phenols is 1. The van der Waals surface area contributed by atoms with E-state index in [0.29, 0.717) is 6.42 Å². The van der Waals surface area contributed by atoms with Crippen molar-refractivity contribution in [3.05, 3.63) is 59.7 Å². The van der Waals surface area contributed by atoms with Crippen LogP contribution in [0.2, 0.25) is 0 Å². The van der Waals surface area contributed by atoms with Crippen LogP contribution in [0.15, 0.2) is 48.5 Å². The highest BCUT2D eigenvalue weighted by atomic mass is 16.3. The first-order valence-corrected chi connectivity index (χ1v) is 6.90. The summed E-state index contributed by atoms with van der Waals surface area (Å²) in [5.74, 6) is 0.340. The lowest BCUT2D eigenvalue weighted by atomic mass is 10.0. The number of amides is 1. The van der Waals surface area contributed by atoms with Gasteiger partial charge < -0.3 is 10.0 Å². The number of para-hydroxylation sites is 1. The number of hydrogen-bond acceptors (Lipinski definition) is 2. The summed E-state index contributed by atoms with van der Waals surface area (Å²) in [5, 5.41) is 9.27. The summed E-state index contributed by atoms with van der Waals surface area (Å²) >= 11 is 0. The van der Waals surface area contributed by atoms with Crippen molar-refractivity contribution in [2.45, 2.75) is 19.3 Å². The molecule has 3 nitrogen and oxygen atoms in total. The number of carbonyl (C=O) groups excluding carboxylic acids is 1. The summed E-state index contributed by atoms with van der Waals surface area (Å²) in [7, 11) is 0. The molecule has 3 rings (SSSR count). The normalized spacial score (nSPS) is 13.9. The Hall–Kier alpha value is -2.29. The predicted octanol–water partition coefficient (Wildman–Crippen LogP) is 2.91. The Morgan fingerprint density at radius 3 is 2.65 bits per heavy atom. The fourth-order valence-corrected chi connectivity index (χ4v) is 2.68. The smallest absolute Gasteiger partial charge is 0.231 e. The van der Waals surface area contributed by atoms with Gasteiger partial charge in [0.1, 0.15) is 5.75 Å². The zero-order valence-corrected chi connectivity index (χ0v) is 11.2. The van der Waals surface area contributed by atoms with E-state index in [1.807, 2.05) is 23.1 Å². The molecule has 0 spiro atoms. The van der Waals surface area contributed by atoms with E-state index in [1.165, 1.54) is 5.56 Å². The molecule has 1 heterocycles. The van der Waals surface area contributed by atoms with Crippen LogP contribution in [0.3, 0.4) is 0 Å². The van der Waals surface area contributed by atoms with E-state index in [1.54, 1.807) is 24.3 Å². The lowest BCUT2D eigenvalue weighted by molar-refractivity contribution is -0.118. The van der Waals surface area contributed by atoms with Gasteiger partial charge in [-0.25, -0.2) is 0 Å². The molecule has 1 amide bonds. The monoisotopic (exact) mass is 267 g/mol. The standard InChI is InChI=1S/C17H17NO2/c19-15-9-7-13(8-10-15)12-17(20)18-11-3-5-14-4-1-2-6-16(14)18/h1-2,4,6-10,19H,3,5,11-12H2. The first-order valence-electron chi connectivity index (χ1n) is 6.90. The van der Waals surface area contributed by atoms with Gasteiger partial charge in [-0.2, -0.15) is 0 Å². The van der Waals surface area contributed by atoms with E-state index in [2.05, 4.69) is 6.07 Å². The summed E-state index contributed by atoms with van der Waals surface area (Å²) in [6.07, 6.45) is 2.42. The minimum Gasteiger partial charge on any atom is -0.508 e. The molecule has 0 aliphatic carbocycles. The second-order valence-electron chi connectivity index (χ2n) is 5.12. The van der Waals surface area contributed by atoms with Crippen LogP contribution in [0, 0.1) is 0 Å². The maximum absolute atomic E-state index is 12.5.